The van der Waals surface area contributed by atoms with Crippen LogP contribution < -0.4 is 0 Å². The number of hydrogen-bond acceptors (Lipinski definition) is 7. The Morgan fingerprint density at radius 2 is 1.81 bits per heavy atom. The third kappa shape index (κ3) is 3.23. The number of aromatic nitrogens is 4. The Balaban J connectivity index is 1.87. The number of alkyl halides is 1. The molecule has 0 saturated carbocycles. The number of rotatable bonds is 3. The van der Waals surface area contributed by atoms with Crippen LogP contribution in [0.1, 0.15) is 54.7 Å². The van der Waals surface area contributed by atoms with Crippen molar-refractivity contribution >= 4 is 44.4 Å². The predicted octanol–water partition coefficient (Wildman–Crippen LogP) is 2.71. The summed E-state index contributed by atoms with van der Waals surface area (Å²) in [6.07, 6.45) is 0. The molecule has 3 heterocycles. The first-order valence-corrected chi connectivity index (χ1v) is 12.1. The molecule has 1 aromatic carbocycles. The monoisotopic (exact) mass is 479 g/mol. The molecule has 1 aromatic heterocycles. The molecular weight excluding hydrogens is 458 g/mol. The lowest BCUT2D eigenvalue weighted by Gasteiger charge is -2.51. The van der Waals surface area contributed by atoms with E-state index >= 15 is 0 Å². The van der Waals surface area contributed by atoms with Gasteiger partial charge in [-0.15, -0.1) is 16.7 Å². The Morgan fingerprint density at radius 3 is 2.32 bits per heavy atom. The number of benzene rings is 1. The molecule has 0 radical (unpaired) electrons. The summed E-state index contributed by atoms with van der Waals surface area (Å²) in [5.41, 5.74) is 2.01. The Labute approximate surface area is 191 Å². The molecule has 3 atom stereocenters. The van der Waals surface area contributed by atoms with Crippen LogP contribution >= 0.6 is 23.8 Å². The van der Waals surface area contributed by atoms with Gasteiger partial charge in [0.25, 0.3) is 0 Å². The van der Waals surface area contributed by atoms with Crippen molar-refractivity contribution in [1.29, 1.82) is 0 Å². The van der Waals surface area contributed by atoms with Crippen LogP contribution in [0.3, 0.4) is 0 Å². The molecule has 0 bridgehead atoms. The van der Waals surface area contributed by atoms with Gasteiger partial charge in [-0.25, -0.2) is 13.1 Å². The molecule has 8 nitrogen and oxygen atoms in total. The average molecular weight is 480 g/mol. The highest BCUT2D eigenvalue weighted by Gasteiger charge is 2.60. The van der Waals surface area contributed by atoms with Crippen molar-refractivity contribution in [3.63, 3.8) is 0 Å². The van der Waals surface area contributed by atoms with Crippen molar-refractivity contribution < 1.29 is 13.2 Å². The number of carbonyl (C=O) groups is 1. The zero-order valence-corrected chi connectivity index (χ0v) is 20.1. The van der Waals surface area contributed by atoms with E-state index in [2.05, 4.69) is 36.3 Å². The van der Waals surface area contributed by atoms with Gasteiger partial charge in [-0.2, -0.15) is 0 Å². The molecule has 4 rings (SSSR count). The number of Topliss-reactive ketones (excluding diaryl/α,β-unsaturated/α-hetero) is 1. The van der Waals surface area contributed by atoms with Crippen LogP contribution in [0.15, 0.2) is 35.5 Å². The van der Waals surface area contributed by atoms with E-state index in [1.807, 2.05) is 12.1 Å². The number of halogens is 1. The SMILES string of the molecule is CC1=C(C(=O)c2ccc(C(C)(C)C)cc2)N2C(=S)[C@H](Cl)[C@H]2S(=O)(=O)C1c1nnnn1C. The quantitative estimate of drug-likeness (QED) is 0.376. The largest absolute Gasteiger partial charge is 0.312 e. The Morgan fingerprint density at radius 1 is 1.19 bits per heavy atom. The van der Waals surface area contributed by atoms with Gasteiger partial charge in [0.2, 0.25) is 5.78 Å². The highest BCUT2D eigenvalue weighted by Crippen LogP contribution is 2.48. The van der Waals surface area contributed by atoms with E-state index in [9.17, 15) is 13.2 Å². The molecule has 2 aliphatic rings. The lowest BCUT2D eigenvalue weighted by atomic mass is 9.86. The molecular formula is C20H22ClN5O3S2. The summed E-state index contributed by atoms with van der Waals surface area (Å²) >= 11 is 11.6. The number of allylic oxidation sites excluding steroid dienone is 1. The van der Waals surface area contributed by atoms with E-state index in [0.29, 0.717) is 11.1 Å². The molecule has 0 N–H and O–H groups in total. The second kappa shape index (κ2) is 7.18. The second-order valence-electron chi connectivity index (χ2n) is 8.82. The van der Waals surface area contributed by atoms with Crippen LogP contribution in [0.5, 0.6) is 0 Å². The van der Waals surface area contributed by atoms with Crippen molar-refractivity contribution in [2.24, 2.45) is 7.05 Å². The van der Waals surface area contributed by atoms with Crippen LogP contribution in [0.2, 0.25) is 0 Å². The van der Waals surface area contributed by atoms with E-state index in [4.69, 9.17) is 23.8 Å². The van der Waals surface area contributed by atoms with Crippen molar-refractivity contribution in [3.8, 4) is 0 Å². The summed E-state index contributed by atoms with van der Waals surface area (Å²) in [6, 6.07) is 7.31. The minimum atomic E-state index is -3.88. The van der Waals surface area contributed by atoms with Gasteiger partial charge in [0.1, 0.15) is 15.6 Å². The molecule has 1 fully saturated rings. The molecule has 164 valence electrons. The Hall–Kier alpha value is -2.17. The number of aryl methyl sites for hydroxylation is 1. The smallest absolute Gasteiger partial charge is 0.209 e. The zero-order valence-electron chi connectivity index (χ0n) is 17.7. The molecule has 1 unspecified atom stereocenters. The van der Waals surface area contributed by atoms with Crippen LogP contribution in [0.4, 0.5) is 0 Å². The molecule has 0 aliphatic carbocycles. The normalized spacial score (nSPS) is 25.3. The number of hydrogen-bond donors (Lipinski definition) is 0. The van der Waals surface area contributed by atoms with Crippen LogP contribution in [0.25, 0.3) is 0 Å². The summed E-state index contributed by atoms with van der Waals surface area (Å²) in [5, 5.41) is 8.01. The summed E-state index contributed by atoms with van der Waals surface area (Å²) in [7, 11) is -2.33. The molecule has 31 heavy (non-hydrogen) atoms. The Bertz CT molecular complexity index is 1230. The summed E-state index contributed by atoms with van der Waals surface area (Å²) in [6.45, 7) is 7.87. The maximum Gasteiger partial charge on any atom is 0.209 e. The van der Waals surface area contributed by atoms with Crippen LogP contribution in [-0.2, 0) is 22.3 Å². The standard InChI is InChI=1S/C20H22ClN5O3S2/c1-10-14(15(27)11-6-8-12(9-7-11)20(2,3)4)26-18(30)13(21)19(26)31(28,29)16(10)17-22-23-24-25(17)5/h6-9,13,16,19H,1-5H3/t13-,16?,19+/m0/s1. The highest BCUT2D eigenvalue weighted by atomic mass is 35.5. The van der Waals surface area contributed by atoms with E-state index in [1.165, 1.54) is 9.58 Å². The third-order valence-corrected chi connectivity index (χ3v) is 9.32. The number of fused-ring (bicyclic) bond motifs is 1. The van der Waals surface area contributed by atoms with E-state index in [-0.39, 0.29) is 27.7 Å². The van der Waals surface area contributed by atoms with Gasteiger partial charge in [-0.3, -0.25) is 4.79 Å². The first kappa shape index (κ1) is 22.0. The maximum absolute atomic E-state index is 13.6. The van der Waals surface area contributed by atoms with Crippen molar-refractivity contribution in [3.05, 3.63) is 52.5 Å². The van der Waals surface area contributed by atoms with Crippen molar-refractivity contribution in [2.45, 2.75) is 49.1 Å². The average Bonchev–Trinajstić information content (AvgIpc) is 3.11. The second-order valence-corrected chi connectivity index (χ2v) is 11.8. The lowest BCUT2D eigenvalue weighted by Crippen LogP contribution is -2.67. The molecule has 2 aromatic rings. The summed E-state index contributed by atoms with van der Waals surface area (Å²) < 4.78 is 28.1. The van der Waals surface area contributed by atoms with E-state index < -0.39 is 25.8 Å². The molecule has 1 saturated heterocycles. The topological polar surface area (TPSA) is 98.1 Å². The van der Waals surface area contributed by atoms with E-state index in [0.717, 1.165) is 5.56 Å². The fraction of sp³-hybridized carbons (Fsp3) is 0.450. The van der Waals surface area contributed by atoms with Gasteiger partial charge < -0.3 is 4.90 Å². The number of nitrogens with zero attached hydrogens (tertiary/aromatic N) is 5. The van der Waals surface area contributed by atoms with Gasteiger partial charge in [-0.1, -0.05) is 57.3 Å². The molecule has 0 amide bonds. The van der Waals surface area contributed by atoms with Crippen molar-refractivity contribution in [2.75, 3.05) is 0 Å². The van der Waals surface area contributed by atoms with Crippen LogP contribution in [-0.4, -0.2) is 55.0 Å². The molecule has 0 spiro atoms. The number of sulfone groups is 1. The zero-order chi connectivity index (χ0) is 22.9. The fourth-order valence-corrected chi connectivity index (χ4v) is 7.51. The predicted molar refractivity (Wildman–Crippen MR) is 120 cm³/mol. The number of carbonyl (C=O) groups excluding carboxylic acids is 1. The van der Waals surface area contributed by atoms with Gasteiger partial charge in [-0.05, 0) is 33.9 Å². The third-order valence-electron chi connectivity index (χ3n) is 5.77. The minimum absolute atomic E-state index is 0.0606. The van der Waals surface area contributed by atoms with E-state index in [1.54, 1.807) is 26.1 Å². The molecule has 2 aliphatic heterocycles. The highest BCUT2D eigenvalue weighted by molar-refractivity contribution is 7.93. The van der Waals surface area contributed by atoms with Crippen molar-refractivity contribution in [1.82, 2.24) is 25.1 Å². The van der Waals surface area contributed by atoms with Gasteiger partial charge in [0.05, 0.1) is 5.70 Å². The Kier molecular flexibility index (Phi) is 5.10. The molecule has 11 heteroatoms. The summed E-state index contributed by atoms with van der Waals surface area (Å²) in [5.74, 6) is -0.184. The van der Waals surface area contributed by atoms with Gasteiger partial charge in [0, 0.05) is 12.6 Å². The number of ketones is 1. The maximum atomic E-state index is 13.6. The summed E-state index contributed by atoms with van der Waals surface area (Å²) in [4.78, 5) is 15.2. The van der Waals surface area contributed by atoms with Gasteiger partial charge >= 0.3 is 0 Å². The first-order valence-electron chi connectivity index (χ1n) is 9.65. The number of thiocarbonyl (C=S) groups is 1. The van der Waals surface area contributed by atoms with Gasteiger partial charge in [0.15, 0.2) is 21.0 Å². The fourth-order valence-electron chi connectivity index (χ4n) is 4.03. The lowest BCUT2D eigenvalue weighted by molar-refractivity contribution is 0.0995. The number of tetrazole rings is 1. The first-order chi connectivity index (χ1) is 14.4. The minimum Gasteiger partial charge on any atom is -0.312 e. The van der Waals surface area contributed by atoms with Crippen LogP contribution in [0, 0.1) is 0 Å².